The minimum absolute atomic E-state index is 0.0444. The van der Waals surface area contributed by atoms with E-state index in [0.29, 0.717) is 18.2 Å². The first-order valence-electron chi connectivity index (χ1n) is 7.80. The average Bonchev–Trinajstić information content (AvgIpc) is 3.06. The Morgan fingerprint density at radius 2 is 2.22 bits per heavy atom. The highest BCUT2D eigenvalue weighted by molar-refractivity contribution is 5.92. The smallest absolute Gasteiger partial charge is 0.274 e. The molecule has 1 aliphatic rings. The maximum Gasteiger partial charge on any atom is 0.274 e. The normalized spacial score (nSPS) is 18.3. The number of hydrogen-bond donors (Lipinski definition) is 1. The first-order valence-corrected chi connectivity index (χ1v) is 7.80. The number of pyridine rings is 1. The van der Waals surface area contributed by atoms with Gasteiger partial charge < -0.3 is 9.88 Å². The maximum absolute atomic E-state index is 12.5. The van der Waals surface area contributed by atoms with Crippen LogP contribution in [-0.2, 0) is 0 Å². The van der Waals surface area contributed by atoms with E-state index in [1.807, 2.05) is 17.0 Å². The lowest BCUT2D eigenvalue weighted by Gasteiger charge is -2.32. The number of amides is 1. The zero-order chi connectivity index (χ0) is 15.6. The zero-order valence-electron chi connectivity index (χ0n) is 12.6. The van der Waals surface area contributed by atoms with E-state index in [2.05, 4.69) is 26.0 Å². The quantitative estimate of drug-likeness (QED) is 0.788. The molecule has 0 radical (unpaired) electrons. The van der Waals surface area contributed by atoms with Crippen LogP contribution < -0.4 is 0 Å². The van der Waals surface area contributed by atoms with Gasteiger partial charge in [-0.05, 0) is 31.0 Å². The Balaban J connectivity index is 1.56. The fraction of sp³-hybridized carbons (Fsp3) is 0.294. The summed E-state index contributed by atoms with van der Waals surface area (Å²) in [6.45, 7) is 1.46. The lowest BCUT2D eigenvalue weighted by atomic mass is 9.94. The number of carbonyl (C=O) groups is 1. The number of aromatic nitrogens is 4. The fourth-order valence-electron chi connectivity index (χ4n) is 3.19. The third-order valence-corrected chi connectivity index (χ3v) is 4.34. The van der Waals surface area contributed by atoms with Gasteiger partial charge >= 0.3 is 0 Å². The van der Waals surface area contributed by atoms with Gasteiger partial charge in [-0.15, -0.1) is 0 Å². The first kappa shape index (κ1) is 13.9. The van der Waals surface area contributed by atoms with E-state index < -0.39 is 0 Å². The van der Waals surface area contributed by atoms with Crippen LogP contribution in [-0.4, -0.2) is 43.8 Å². The number of nitrogens with one attached hydrogen (secondary N) is 1. The molecule has 1 atom stereocenters. The van der Waals surface area contributed by atoms with Crippen LogP contribution in [0.3, 0.4) is 0 Å². The summed E-state index contributed by atoms with van der Waals surface area (Å²) in [6.07, 6.45) is 8.49. The van der Waals surface area contributed by atoms with Crippen LogP contribution in [0, 0.1) is 0 Å². The molecule has 0 aromatic carbocycles. The number of rotatable bonds is 2. The molecule has 1 N–H and O–H groups in total. The highest BCUT2D eigenvalue weighted by Crippen LogP contribution is 2.28. The van der Waals surface area contributed by atoms with Crippen molar-refractivity contribution in [2.24, 2.45) is 0 Å². The Kier molecular flexibility index (Phi) is 3.49. The van der Waals surface area contributed by atoms with E-state index in [0.717, 1.165) is 36.1 Å². The van der Waals surface area contributed by atoms with Crippen LogP contribution in [0.25, 0.3) is 11.0 Å². The molecule has 4 heterocycles. The molecular weight excluding hydrogens is 290 g/mol. The van der Waals surface area contributed by atoms with E-state index >= 15 is 0 Å². The maximum atomic E-state index is 12.5. The summed E-state index contributed by atoms with van der Waals surface area (Å²) >= 11 is 0. The zero-order valence-corrected chi connectivity index (χ0v) is 12.6. The number of carbonyl (C=O) groups excluding carboxylic acids is 1. The number of fused-ring (bicyclic) bond motifs is 1. The number of likely N-dealkylation sites (tertiary alicyclic amines) is 1. The van der Waals surface area contributed by atoms with E-state index in [1.165, 1.54) is 6.20 Å². The second kappa shape index (κ2) is 5.79. The molecule has 1 saturated heterocycles. The van der Waals surface area contributed by atoms with Gasteiger partial charge in [-0.1, -0.05) is 0 Å². The van der Waals surface area contributed by atoms with Crippen molar-refractivity contribution in [2.75, 3.05) is 13.1 Å². The number of piperidine rings is 1. The van der Waals surface area contributed by atoms with Crippen molar-refractivity contribution in [3.63, 3.8) is 0 Å². The summed E-state index contributed by atoms with van der Waals surface area (Å²) in [5.41, 5.74) is 2.46. The van der Waals surface area contributed by atoms with Crippen molar-refractivity contribution in [3.05, 3.63) is 54.4 Å². The molecule has 0 spiro atoms. The molecule has 23 heavy (non-hydrogen) atoms. The number of hydrogen-bond acceptors (Lipinski definition) is 4. The van der Waals surface area contributed by atoms with Crippen LogP contribution in [0.5, 0.6) is 0 Å². The van der Waals surface area contributed by atoms with Gasteiger partial charge in [-0.25, -0.2) is 9.97 Å². The van der Waals surface area contributed by atoms with Crippen molar-refractivity contribution >= 4 is 16.9 Å². The van der Waals surface area contributed by atoms with Gasteiger partial charge in [0, 0.05) is 48.7 Å². The van der Waals surface area contributed by atoms with E-state index in [9.17, 15) is 4.79 Å². The predicted molar refractivity (Wildman–Crippen MR) is 86.0 cm³/mol. The Hall–Kier alpha value is -2.76. The molecule has 1 fully saturated rings. The van der Waals surface area contributed by atoms with Gasteiger partial charge in [0.15, 0.2) is 0 Å². The molecule has 0 saturated carbocycles. The number of H-pyrrole nitrogens is 1. The van der Waals surface area contributed by atoms with Crippen LogP contribution in [0.4, 0.5) is 0 Å². The Morgan fingerprint density at radius 3 is 3.04 bits per heavy atom. The third kappa shape index (κ3) is 2.67. The first-order chi connectivity index (χ1) is 11.3. The second-order valence-corrected chi connectivity index (χ2v) is 5.85. The van der Waals surface area contributed by atoms with Crippen molar-refractivity contribution in [1.29, 1.82) is 0 Å². The minimum atomic E-state index is -0.0444. The monoisotopic (exact) mass is 307 g/mol. The minimum Gasteiger partial charge on any atom is -0.343 e. The summed E-state index contributed by atoms with van der Waals surface area (Å²) in [7, 11) is 0. The molecular formula is C17H17N5O. The highest BCUT2D eigenvalue weighted by Gasteiger charge is 2.27. The lowest BCUT2D eigenvalue weighted by molar-refractivity contribution is 0.0699. The standard InChI is InChI=1S/C17H17N5O/c23-17(15-10-18-6-7-19-15)22-8-2-4-13(11-22)14-9-12-3-1-5-20-16(12)21-14/h1,3,5-7,9-10,13H,2,4,8,11H2,(H,20,21)/t13-/m0/s1. The molecule has 0 aliphatic carbocycles. The van der Waals surface area contributed by atoms with E-state index in [-0.39, 0.29) is 5.91 Å². The molecule has 3 aromatic rings. The summed E-state index contributed by atoms with van der Waals surface area (Å²) < 4.78 is 0. The van der Waals surface area contributed by atoms with Crippen LogP contribution in [0.15, 0.2) is 43.0 Å². The van der Waals surface area contributed by atoms with E-state index in [1.54, 1.807) is 18.6 Å². The molecule has 0 unspecified atom stereocenters. The van der Waals surface area contributed by atoms with Gasteiger partial charge in [0.1, 0.15) is 11.3 Å². The largest absolute Gasteiger partial charge is 0.343 e. The molecule has 6 heteroatoms. The lowest BCUT2D eigenvalue weighted by Crippen LogP contribution is -2.39. The van der Waals surface area contributed by atoms with Crippen LogP contribution >= 0.6 is 0 Å². The van der Waals surface area contributed by atoms with E-state index in [4.69, 9.17) is 0 Å². The van der Waals surface area contributed by atoms with Gasteiger partial charge in [0.2, 0.25) is 0 Å². The number of nitrogens with zero attached hydrogens (tertiary/aromatic N) is 4. The van der Waals surface area contributed by atoms with Crippen molar-refractivity contribution < 1.29 is 4.79 Å². The third-order valence-electron chi connectivity index (χ3n) is 4.34. The highest BCUT2D eigenvalue weighted by atomic mass is 16.2. The van der Waals surface area contributed by atoms with Gasteiger partial charge in [-0.2, -0.15) is 0 Å². The van der Waals surface area contributed by atoms with Crippen LogP contribution in [0.1, 0.15) is 34.9 Å². The molecule has 0 bridgehead atoms. The fourth-order valence-corrected chi connectivity index (χ4v) is 3.19. The van der Waals surface area contributed by atoms with Crippen molar-refractivity contribution in [2.45, 2.75) is 18.8 Å². The summed E-state index contributed by atoms with van der Waals surface area (Å²) in [4.78, 5) is 30.3. The van der Waals surface area contributed by atoms with Crippen molar-refractivity contribution in [1.82, 2.24) is 24.8 Å². The molecule has 4 rings (SSSR count). The Morgan fingerprint density at radius 1 is 1.26 bits per heavy atom. The summed E-state index contributed by atoms with van der Waals surface area (Å²) in [6, 6.07) is 6.13. The SMILES string of the molecule is O=C(c1cnccn1)N1CCC[C@H](c2cc3cccnc3[nH]2)C1. The molecule has 116 valence electrons. The van der Waals surface area contributed by atoms with Gasteiger partial charge in [-0.3, -0.25) is 9.78 Å². The van der Waals surface area contributed by atoms with Crippen LogP contribution in [0.2, 0.25) is 0 Å². The summed E-state index contributed by atoms with van der Waals surface area (Å²) in [5, 5.41) is 1.11. The number of aromatic amines is 1. The van der Waals surface area contributed by atoms with Gasteiger partial charge in [0.05, 0.1) is 6.20 Å². The molecule has 3 aromatic heterocycles. The summed E-state index contributed by atoms with van der Waals surface area (Å²) in [5.74, 6) is 0.260. The molecule has 6 nitrogen and oxygen atoms in total. The Bertz CT molecular complexity index is 796. The molecule has 1 aliphatic heterocycles. The topological polar surface area (TPSA) is 74.8 Å². The second-order valence-electron chi connectivity index (χ2n) is 5.85. The Labute approximate surface area is 133 Å². The molecule has 1 amide bonds. The van der Waals surface area contributed by atoms with Gasteiger partial charge in [0.25, 0.3) is 5.91 Å². The average molecular weight is 307 g/mol. The predicted octanol–water partition coefficient (Wildman–Crippen LogP) is 2.37. The van der Waals surface area contributed by atoms with Crippen molar-refractivity contribution in [3.8, 4) is 0 Å².